The summed E-state index contributed by atoms with van der Waals surface area (Å²) < 4.78 is 5.70. The summed E-state index contributed by atoms with van der Waals surface area (Å²) >= 11 is 0. The number of nitro benzene ring substituents is 1. The number of anilines is 1. The van der Waals surface area contributed by atoms with E-state index in [2.05, 4.69) is 0 Å². The number of ether oxygens (including phenoxy) is 1. The molecule has 1 fully saturated rings. The minimum atomic E-state index is -0.370. The highest BCUT2D eigenvalue weighted by atomic mass is 16.6. The molecule has 2 aromatic carbocycles. The van der Waals surface area contributed by atoms with Gasteiger partial charge in [-0.25, -0.2) is 0 Å². The largest absolute Gasteiger partial charge is 0.483 e. The summed E-state index contributed by atoms with van der Waals surface area (Å²) in [5.74, 6) is 0.653. The van der Waals surface area contributed by atoms with Gasteiger partial charge in [0.05, 0.1) is 4.92 Å². The first-order valence-electron chi connectivity index (χ1n) is 8.92. The lowest BCUT2D eigenvalue weighted by atomic mass is 10.1. The van der Waals surface area contributed by atoms with E-state index in [1.165, 1.54) is 6.07 Å². The number of amides is 1. The number of benzene rings is 2. The molecule has 2 aromatic rings. The average molecular weight is 369 g/mol. The minimum absolute atomic E-state index is 0.00419. The maximum Gasteiger partial charge on any atom is 0.292 e. The number of piperazine rings is 1. The van der Waals surface area contributed by atoms with Gasteiger partial charge in [0, 0.05) is 32.2 Å². The lowest BCUT2D eigenvalue weighted by Gasteiger charge is -2.35. The zero-order valence-corrected chi connectivity index (χ0v) is 15.6. The summed E-state index contributed by atoms with van der Waals surface area (Å²) in [7, 11) is 0. The molecule has 7 heteroatoms. The molecule has 1 aliphatic rings. The fourth-order valence-corrected chi connectivity index (χ4v) is 3.19. The third-order valence-electron chi connectivity index (χ3n) is 4.96. The fraction of sp³-hybridized carbons (Fsp3) is 0.350. The molecule has 142 valence electrons. The molecule has 0 bridgehead atoms. The molecule has 1 amide bonds. The summed E-state index contributed by atoms with van der Waals surface area (Å²) in [4.78, 5) is 27.0. The van der Waals surface area contributed by atoms with Gasteiger partial charge in [0.2, 0.25) is 0 Å². The zero-order valence-electron chi connectivity index (χ0n) is 15.6. The van der Waals surface area contributed by atoms with E-state index < -0.39 is 0 Å². The molecular weight excluding hydrogens is 346 g/mol. The van der Waals surface area contributed by atoms with E-state index in [-0.39, 0.29) is 23.1 Å². The quantitative estimate of drug-likeness (QED) is 0.598. The van der Waals surface area contributed by atoms with Crippen molar-refractivity contribution in [3.8, 4) is 5.75 Å². The molecule has 1 heterocycles. The molecule has 0 aliphatic carbocycles. The van der Waals surface area contributed by atoms with E-state index in [4.69, 9.17) is 4.74 Å². The van der Waals surface area contributed by atoms with E-state index in [0.29, 0.717) is 31.9 Å². The number of para-hydroxylation sites is 2. The number of hydrogen-bond donors (Lipinski definition) is 0. The second-order valence-electron chi connectivity index (χ2n) is 6.60. The van der Waals surface area contributed by atoms with Gasteiger partial charge in [-0.2, -0.15) is 0 Å². The van der Waals surface area contributed by atoms with Gasteiger partial charge in [0.25, 0.3) is 11.6 Å². The van der Waals surface area contributed by atoms with Crippen LogP contribution in [0.15, 0.2) is 42.5 Å². The van der Waals surface area contributed by atoms with Crippen LogP contribution in [0.4, 0.5) is 11.4 Å². The van der Waals surface area contributed by atoms with Crippen LogP contribution in [0, 0.1) is 24.0 Å². The molecular formula is C20H23N3O4. The van der Waals surface area contributed by atoms with Gasteiger partial charge in [0.1, 0.15) is 11.4 Å². The van der Waals surface area contributed by atoms with Crippen LogP contribution < -0.4 is 9.64 Å². The van der Waals surface area contributed by atoms with Crippen molar-refractivity contribution in [3.63, 3.8) is 0 Å². The second-order valence-corrected chi connectivity index (χ2v) is 6.60. The summed E-state index contributed by atoms with van der Waals surface area (Å²) in [5, 5.41) is 11.2. The standard InChI is InChI=1S/C20H23N3O4/c1-15-6-5-9-19(16(15)2)27-14-20(24)22-12-10-21(11-13-22)17-7-3-4-8-18(17)23(25)26/h3-9H,10-14H2,1-2H3. The van der Waals surface area contributed by atoms with Gasteiger partial charge in [-0.05, 0) is 37.1 Å². The number of carbonyl (C=O) groups is 1. The van der Waals surface area contributed by atoms with Crippen molar-refractivity contribution in [3.05, 3.63) is 63.7 Å². The van der Waals surface area contributed by atoms with Crippen LogP contribution in [0.25, 0.3) is 0 Å². The molecule has 7 nitrogen and oxygen atoms in total. The highest BCUT2D eigenvalue weighted by Gasteiger charge is 2.25. The van der Waals surface area contributed by atoms with Crippen molar-refractivity contribution in [2.24, 2.45) is 0 Å². The highest BCUT2D eigenvalue weighted by molar-refractivity contribution is 5.78. The summed E-state index contributed by atoms with van der Waals surface area (Å²) in [5.41, 5.74) is 2.85. The Morgan fingerprint density at radius 1 is 1.07 bits per heavy atom. The van der Waals surface area contributed by atoms with Crippen molar-refractivity contribution in [1.29, 1.82) is 0 Å². The maximum atomic E-state index is 12.5. The molecule has 1 aliphatic heterocycles. The molecule has 0 saturated carbocycles. The lowest BCUT2D eigenvalue weighted by molar-refractivity contribution is -0.384. The molecule has 1 saturated heterocycles. The van der Waals surface area contributed by atoms with Crippen LogP contribution in [0.1, 0.15) is 11.1 Å². The molecule has 0 spiro atoms. The van der Waals surface area contributed by atoms with Crippen molar-refractivity contribution in [1.82, 2.24) is 4.90 Å². The smallest absolute Gasteiger partial charge is 0.292 e. The van der Waals surface area contributed by atoms with Gasteiger partial charge in [-0.1, -0.05) is 24.3 Å². The lowest BCUT2D eigenvalue weighted by Crippen LogP contribution is -2.50. The van der Waals surface area contributed by atoms with Crippen molar-refractivity contribution < 1.29 is 14.5 Å². The monoisotopic (exact) mass is 369 g/mol. The van der Waals surface area contributed by atoms with E-state index in [1.54, 1.807) is 23.1 Å². The van der Waals surface area contributed by atoms with Crippen LogP contribution in [-0.4, -0.2) is 48.5 Å². The summed E-state index contributed by atoms with van der Waals surface area (Å²) in [6.45, 7) is 6.12. The molecule has 0 aromatic heterocycles. The number of rotatable bonds is 5. The van der Waals surface area contributed by atoms with Crippen molar-refractivity contribution in [2.45, 2.75) is 13.8 Å². The first kappa shape index (κ1) is 18.7. The van der Waals surface area contributed by atoms with Gasteiger partial charge in [0.15, 0.2) is 6.61 Å². The normalized spacial score (nSPS) is 14.1. The van der Waals surface area contributed by atoms with Gasteiger partial charge >= 0.3 is 0 Å². The second kappa shape index (κ2) is 8.07. The molecule has 0 N–H and O–H groups in total. The van der Waals surface area contributed by atoms with Crippen LogP contribution in [0.2, 0.25) is 0 Å². The number of nitro groups is 1. The maximum absolute atomic E-state index is 12.5. The summed E-state index contributed by atoms with van der Waals surface area (Å²) in [6, 6.07) is 12.5. The predicted molar refractivity (Wildman–Crippen MR) is 103 cm³/mol. The van der Waals surface area contributed by atoms with Crippen LogP contribution >= 0.6 is 0 Å². The number of aryl methyl sites for hydroxylation is 1. The molecule has 27 heavy (non-hydrogen) atoms. The van der Waals surface area contributed by atoms with Crippen molar-refractivity contribution in [2.75, 3.05) is 37.7 Å². The first-order chi connectivity index (χ1) is 13.0. The SMILES string of the molecule is Cc1cccc(OCC(=O)N2CCN(c3ccccc3[N+](=O)[O-])CC2)c1C. The molecule has 3 rings (SSSR count). The number of nitrogens with zero attached hydrogens (tertiary/aromatic N) is 3. The highest BCUT2D eigenvalue weighted by Crippen LogP contribution is 2.28. The van der Waals surface area contributed by atoms with Crippen LogP contribution in [-0.2, 0) is 4.79 Å². The number of carbonyl (C=O) groups excluding carboxylic acids is 1. The van der Waals surface area contributed by atoms with Crippen LogP contribution in [0.3, 0.4) is 0 Å². The Bertz CT molecular complexity index is 845. The minimum Gasteiger partial charge on any atom is -0.483 e. The van der Waals surface area contributed by atoms with E-state index >= 15 is 0 Å². The number of hydrogen-bond acceptors (Lipinski definition) is 5. The van der Waals surface area contributed by atoms with E-state index in [0.717, 1.165) is 16.9 Å². The molecule has 0 unspecified atom stereocenters. The third kappa shape index (κ3) is 4.19. The Labute approximate surface area is 158 Å². The molecule has 0 radical (unpaired) electrons. The Morgan fingerprint density at radius 2 is 1.78 bits per heavy atom. The van der Waals surface area contributed by atoms with E-state index in [9.17, 15) is 14.9 Å². The third-order valence-corrected chi connectivity index (χ3v) is 4.96. The topological polar surface area (TPSA) is 75.9 Å². The first-order valence-corrected chi connectivity index (χ1v) is 8.92. The Hall–Kier alpha value is -3.09. The summed E-state index contributed by atoms with van der Waals surface area (Å²) in [6.07, 6.45) is 0. The molecule has 0 atom stereocenters. The van der Waals surface area contributed by atoms with Crippen LogP contribution in [0.5, 0.6) is 5.75 Å². The van der Waals surface area contributed by atoms with E-state index in [1.807, 2.05) is 36.9 Å². The van der Waals surface area contributed by atoms with Crippen molar-refractivity contribution >= 4 is 17.3 Å². The van der Waals surface area contributed by atoms with Gasteiger partial charge in [-0.3, -0.25) is 14.9 Å². The Kier molecular flexibility index (Phi) is 5.59. The predicted octanol–water partition coefficient (Wildman–Crippen LogP) is 2.94. The Balaban J connectivity index is 1.57. The zero-order chi connectivity index (χ0) is 19.4. The van der Waals surface area contributed by atoms with Gasteiger partial charge < -0.3 is 14.5 Å². The average Bonchev–Trinajstić information content (AvgIpc) is 2.69. The Morgan fingerprint density at radius 3 is 2.48 bits per heavy atom. The van der Waals surface area contributed by atoms with Gasteiger partial charge in [-0.15, -0.1) is 0 Å². The fourth-order valence-electron chi connectivity index (χ4n) is 3.19.